The fourth-order valence-electron chi connectivity index (χ4n) is 5.28. The number of rotatable bonds is 5. The molecule has 1 amide bonds. The number of carboxylic acid groups (broad SMARTS) is 1. The van der Waals surface area contributed by atoms with Gasteiger partial charge in [0.2, 0.25) is 0 Å². The van der Waals surface area contributed by atoms with Gasteiger partial charge in [0.1, 0.15) is 18.2 Å². The van der Waals surface area contributed by atoms with E-state index in [4.69, 9.17) is 14.7 Å². The molecule has 2 aromatic heterocycles. The van der Waals surface area contributed by atoms with Crippen molar-refractivity contribution in [3.05, 3.63) is 78.0 Å². The summed E-state index contributed by atoms with van der Waals surface area (Å²) in [5.74, 6) is 1.63. The summed E-state index contributed by atoms with van der Waals surface area (Å²) in [6.07, 6.45) is 0.879. The number of benzene rings is 2. The average molecular weight is 485 g/mol. The minimum atomic E-state index is -0.861. The molecule has 0 radical (unpaired) electrons. The largest absolute Gasteiger partial charge is 0.489 e. The van der Waals surface area contributed by atoms with Gasteiger partial charge in [0.05, 0.1) is 5.52 Å². The van der Waals surface area contributed by atoms with Crippen molar-refractivity contribution in [3.8, 4) is 17.1 Å². The molecule has 1 aliphatic rings. The number of H-pyrrole nitrogens is 1. The first kappa shape index (κ1) is 23.9. The predicted molar refractivity (Wildman–Crippen MR) is 140 cm³/mol. The number of nitrogens with zero attached hydrogens (tertiary/aromatic N) is 3. The number of fused-ring (bicyclic) bond motifs is 1. The molecular weight excluding hydrogens is 452 g/mol. The Morgan fingerprint density at radius 2 is 1.81 bits per heavy atom. The molecule has 2 N–H and O–H groups in total. The molecule has 4 aromatic rings. The Morgan fingerprint density at radius 3 is 2.50 bits per heavy atom. The monoisotopic (exact) mass is 484 g/mol. The second kappa shape index (κ2) is 9.64. The number of aromatic nitrogens is 3. The predicted octanol–water partition coefficient (Wildman–Crippen LogP) is 6.48. The molecule has 2 aromatic carbocycles. The lowest BCUT2D eigenvalue weighted by Gasteiger charge is -2.46. The molecule has 2 atom stereocenters. The molecular formula is C29H32N4O3. The molecule has 0 spiro atoms. The number of hydrogen-bond acceptors (Lipinski definition) is 4. The van der Waals surface area contributed by atoms with Crippen LogP contribution < -0.4 is 4.74 Å². The first-order valence-electron chi connectivity index (χ1n) is 12.4. The highest BCUT2D eigenvalue weighted by Gasteiger charge is 2.42. The number of para-hydroxylation sites is 1. The molecule has 1 fully saturated rings. The maximum atomic E-state index is 12.0. The fourth-order valence-corrected chi connectivity index (χ4v) is 5.28. The fraction of sp³-hybridized carbons (Fsp3) is 0.345. The Morgan fingerprint density at radius 1 is 1.06 bits per heavy atom. The standard InChI is InChI=1S/C29H32N4O3/c1-29(2,3)25-22(10-7-17-33(25)28(34)35)23-15-16-24-27(30-23)32-26(31-24)20-13-11-19(12-14-20)18-36-21-8-5-4-6-9-21/h4-6,8-9,11-16,22,25H,7,10,17-18H2,1-3H3,(H,34,35)(H,30,31,32). The van der Waals surface area contributed by atoms with Gasteiger partial charge in [-0.25, -0.2) is 14.8 Å². The van der Waals surface area contributed by atoms with Gasteiger partial charge in [-0.15, -0.1) is 0 Å². The maximum absolute atomic E-state index is 12.0. The van der Waals surface area contributed by atoms with E-state index in [1.54, 1.807) is 4.90 Å². The van der Waals surface area contributed by atoms with Crippen LogP contribution in [0, 0.1) is 5.41 Å². The maximum Gasteiger partial charge on any atom is 0.407 e. The van der Waals surface area contributed by atoms with Crippen molar-refractivity contribution in [3.63, 3.8) is 0 Å². The van der Waals surface area contributed by atoms with Crippen molar-refractivity contribution < 1.29 is 14.6 Å². The van der Waals surface area contributed by atoms with Crippen LogP contribution in [-0.2, 0) is 6.61 Å². The normalized spacial score (nSPS) is 18.4. The van der Waals surface area contributed by atoms with Crippen molar-refractivity contribution in [1.82, 2.24) is 19.9 Å². The highest BCUT2D eigenvalue weighted by atomic mass is 16.5. The van der Waals surface area contributed by atoms with Crippen molar-refractivity contribution >= 4 is 17.3 Å². The number of aromatic amines is 1. The SMILES string of the molecule is CC(C)(C)C1C(c2ccc3[nH]c(-c4ccc(COc5ccccc5)cc4)nc3n2)CCCN1C(=O)O. The number of imidazole rings is 1. The van der Waals surface area contributed by atoms with E-state index in [-0.39, 0.29) is 17.4 Å². The van der Waals surface area contributed by atoms with Gasteiger partial charge in [0.15, 0.2) is 5.65 Å². The molecule has 7 heteroatoms. The van der Waals surface area contributed by atoms with Crippen LogP contribution in [-0.4, -0.2) is 43.6 Å². The molecule has 0 saturated carbocycles. The van der Waals surface area contributed by atoms with Crippen LogP contribution in [0.25, 0.3) is 22.6 Å². The summed E-state index contributed by atoms with van der Waals surface area (Å²) in [4.78, 5) is 26.6. The number of pyridine rings is 1. The van der Waals surface area contributed by atoms with Crippen molar-refractivity contribution in [2.45, 2.75) is 52.2 Å². The summed E-state index contributed by atoms with van der Waals surface area (Å²) in [6.45, 7) is 7.37. The summed E-state index contributed by atoms with van der Waals surface area (Å²) in [5.41, 5.74) is 4.26. The van der Waals surface area contributed by atoms with Gasteiger partial charge in [-0.3, -0.25) is 0 Å². The molecule has 7 nitrogen and oxygen atoms in total. The van der Waals surface area contributed by atoms with E-state index in [0.717, 1.165) is 46.8 Å². The number of hydrogen-bond donors (Lipinski definition) is 2. The van der Waals surface area contributed by atoms with Gasteiger partial charge < -0.3 is 19.7 Å². The third-order valence-electron chi connectivity index (χ3n) is 6.89. The first-order chi connectivity index (χ1) is 17.3. The van der Waals surface area contributed by atoms with E-state index in [1.807, 2.05) is 66.7 Å². The van der Waals surface area contributed by atoms with E-state index < -0.39 is 6.09 Å². The Balaban J connectivity index is 1.37. The van der Waals surface area contributed by atoms with Crippen molar-refractivity contribution in [2.24, 2.45) is 5.41 Å². The van der Waals surface area contributed by atoms with Crippen LogP contribution in [0.5, 0.6) is 5.75 Å². The minimum absolute atomic E-state index is 0.0308. The Hall–Kier alpha value is -3.87. The second-order valence-corrected chi connectivity index (χ2v) is 10.5. The summed E-state index contributed by atoms with van der Waals surface area (Å²) < 4.78 is 5.84. The Bertz CT molecular complexity index is 1340. The van der Waals surface area contributed by atoms with Gasteiger partial charge in [-0.2, -0.15) is 0 Å². The third-order valence-corrected chi connectivity index (χ3v) is 6.89. The van der Waals surface area contributed by atoms with Gasteiger partial charge in [0, 0.05) is 29.8 Å². The second-order valence-electron chi connectivity index (χ2n) is 10.5. The quantitative estimate of drug-likeness (QED) is 0.338. The zero-order valence-corrected chi connectivity index (χ0v) is 20.9. The summed E-state index contributed by atoms with van der Waals surface area (Å²) in [6, 6.07) is 21.8. The first-order valence-corrected chi connectivity index (χ1v) is 12.4. The molecule has 0 bridgehead atoms. The van der Waals surface area contributed by atoms with Crippen LogP contribution in [0.2, 0.25) is 0 Å². The lowest BCUT2D eigenvalue weighted by Crippen LogP contribution is -2.53. The summed E-state index contributed by atoms with van der Waals surface area (Å²) in [7, 11) is 0. The smallest absolute Gasteiger partial charge is 0.407 e. The Kier molecular flexibility index (Phi) is 6.39. The average Bonchev–Trinajstić information content (AvgIpc) is 3.31. The van der Waals surface area contributed by atoms with Crippen molar-refractivity contribution in [2.75, 3.05) is 6.54 Å². The number of piperidine rings is 1. The summed E-state index contributed by atoms with van der Waals surface area (Å²) in [5, 5.41) is 9.83. The Labute approximate surface area is 211 Å². The van der Waals surface area contributed by atoms with Crippen LogP contribution in [0.4, 0.5) is 4.79 Å². The number of likely N-dealkylation sites (tertiary alicyclic amines) is 1. The molecule has 3 heterocycles. The number of carbonyl (C=O) groups is 1. The molecule has 36 heavy (non-hydrogen) atoms. The van der Waals surface area contributed by atoms with Crippen LogP contribution in [0.3, 0.4) is 0 Å². The number of amides is 1. The van der Waals surface area contributed by atoms with E-state index in [1.165, 1.54) is 0 Å². The van der Waals surface area contributed by atoms with Gasteiger partial charge in [-0.1, -0.05) is 63.2 Å². The van der Waals surface area contributed by atoms with Gasteiger partial charge >= 0.3 is 6.09 Å². The van der Waals surface area contributed by atoms with E-state index in [9.17, 15) is 9.90 Å². The molecule has 1 saturated heterocycles. The number of nitrogens with one attached hydrogen (secondary N) is 1. The van der Waals surface area contributed by atoms with Crippen LogP contribution >= 0.6 is 0 Å². The topological polar surface area (TPSA) is 91.3 Å². The third kappa shape index (κ3) is 4.91. The van der Waals surface area contributed by atoms with E-state index in [2.05, 4.69) is 25.8 Å². The molecule has 1 aliphatic heterocycles. The summed E-state index contributed by atoms with van der Waals surface area (Å²) >= 11 is 0. The number of ether oxygens (including phenoxy) is 1. The highest BCUT2D eigenvalue weighted by molar-refractivity contribution is 5.76. The minimum Gasteiger partial charge on any atom is -0.489 e. The van der Waals surface area contributed by atoms with Crippen LogP contribution in [0.15, 0.2) is 66.7 Å². The van der Waals surface area contributed by atoms with E-state index >= 15 is 0 Å². The molecule has 186 valence electrons. The zero-order chi connectivity index (χ0) is 25.3. The van der Waals surface area contributed by atoms with Crippen LogP contribution in [0.1, 0.15) is 50.8 Å². The highest BCUT2D eigenvalue weighted by Crippen LogP contribution is 2.41. The molecule has 5 rings (SSSR count). The van der Waals surface area contributed by atoms with E-state index in [0.29, 0.717) is 18.8 Å². The molecule has 0 aliphatic carbocycles. The zero-order valence-electron chi connectivity index (χ0n) is 20.9. The lowest BCUT2D eigenvalue weighted by atomic mass is 9.73. The van der Waals surface area contributed by atoms with Crippen molar-refractivity contribution in [1.29, 1.82) is 0 Å². The van der Waals surface area contributed by atoms with Gasteiger partial charge in [0.25, 0.3) is 0 Å². The molecule has 2 unspecified atom stereocenters. The van der Waals surface area contributed by atoms with Gasteiger partial charge in [-0.05, 0) is 48.1 Å². The lowest BCUT2D eigenvalue weighted by molar-refractivity contribution is 0.0448.